The molecule has 0 atom stereocenters. The Morgan fingerprint density at radius 2 is 0.933 bits per heavy atom. The summed E-state index contributed by atoms with van der Waals surface area (Å²) in [5.74, 6) is 0. The Bertz CT molecular complexity index is 1390. The van der Waals surface area contributed by atoms with Gasteiger partial charge in [0.15, 0.2) is 14.7 Å². The van der Waals surface area contributed by atoms with Gasteiger partial charge in [-0.15, -0.1) is 0 Å². The summed E-state index contributed by atoms with van der Waals surface area (Å²) in [6.07, 6.45) is 12.3. The van der Waals surface area contributed by atoms with Gasteiger partial charge >= 0.3 is 0 Å². The summed E-state index contributed by atoms with van der Waals surface area (Å²) in [7, 11) is -3.62. The second-order valence-electron chi connectivity index (χ2n) is 12.5. The molecule has 4 rings (SSSR count). The molecule has 242 valence electrons. The Balaban J connectivity index is 0.000000246. The SMILES string of the molecule is CC(C)(C)c1ccc([S+](c2ccccc2)c2ccccc2)cc1.CCCCCCCCCCCCOS(=O)(=O)c1ccccc1. The van der Waals surface area contributed by atoms with E-state index in [0.29, 0.717) is 0 Å². The van der Waals surface area contributed by atoms with Gasteiger partial charge in [0, 0.05) is 0 Å². The minimum atomic E-state index is -3.57. The molecule has 0 aromatic heterocycles. The lowest BCUT2D eigenvalue weighted by molar-refractivity contribution is 0.306. The zero-order valence-electron chi connectivity index (χ0n) is 27.8. The Morgan fingerprint density at radius 1 is 0.533 bits per heavy atom. The fourth-order valence-electron chi connectivity index (χ4n) is 5.03. The molecule has 0 aliphatic heterocycles. The van der Waals surface area contributed by atoms with E-state index in [0.717, 1.165) is 12.8 Å². The average molecular weight is 646 g/mol. The topological polar surface area (TPSA) is 43.4 Å². The van der Waals surface area contributed by atoms with E-state index in [-0.39, 0.29) is 27.8 Å². The van der Waals surface area contributed by atoms with E-state index in [9.17, 15) is 8.42 Å². The van der Waals surface area contributed by atoms with Crippen molar-refractivity contribution in [2.45, 2.75) is 117 Å². The lowest BCUT2D eigenvalue weighted by atomic mass is 9.87. The Labute approximate surface area is 276 Å². The highest BCUT2D eigenvalue weighted by atomic mass is 32.2. The van der Waals surface area contributed by atoms with E-state index < -0.39 is 10.1 Å². The molecule has 0 aliphatic carbocycles. The minimum Gasteiger partial charge on any atom is -0.266 e. The van der Waals surface area contributed by atoms with Crippen LogP contribution in [0.4, 0.5) is 0 Å². The maximum Gasteiger partial charge on any atom is 0.296 e. The molecule has 45 heavy (non-hydrogen) atoms. The molecule has 0 spiro atoms. The second-order valence-corrected chi connectivity index (χ2v) is 16.1. The molecule has 0 fully saturated rings. The van der Waals surface area contributed by atoms with E-state index in [1.54, 1.807) is 30.3 Å². The monoisotopic (exact) mass is 645 g/mol. The van der Waals surface area contributed by atoms with Gasteiger partial charge in [-0.3, -0.25) is 4.18 Å². The van der Waals surface area contributed by atoms with E-state index >= 15 is 0 Å². The van der Waals surface area contributed by atoms with Gasteiger partial charge in [-0.1, -0.05) is 152 Å². The maximum atomic E-state index is 11.9. The van der Waals surface area contributed by atoms with Gasteiger partial charge in [0.1, 0.15) is 0 Å². The molecule has 3 nitrogen and oxygen atoms in total. The van der Waals surface area contributed by atoms with E-state index in [1.165, 1.54) is 71.6 Å². The van der Waals surface area contributed by atoms with E-state index in [4.69, 9.17) is 4.18 Å². The lowest BCUT2D eigenvalue weighted by Crippen LogP contribution is -2.11. The van der Waals surface area contributed by atoms with E-state index in [1.807, 2.05) is 0 Å². The molecule has 4 aromatic rings. The van der Waals surface area contributed by atoms with Crippen molar-refractivity contribution in [3.8, 4) is 0 Å². The van der Waals surface area contributed by atoms with Gasteiger partial charge < -0.3 is 0 Å². The number of benzene rings is 4. The molecule has 0 bridgehead atoms. The van der Waals surface area contributed by atoms with Gasteiger partial charge in [-0.25, -0.2) is 0 Å². The summed E-state index contributed by atoms with van der Waals surface area (Å²) in [5.41, 5.74) is 1.57. The predicted octanol–water partition coefficient (Wildman–Crippen LogP) is 11.4. The van der Waals surface area contributed by atoms with Crippen LogP contribution in [0, 0.1) is 0 Å². The third-order valence-electron chi connectivity index (χ3n) is 7.68. The van der Waals surface area contributed by atoms with Gasteiger partial charge in [-0.05, 0) is 65.9 Å². The molecule has 0 saturated carbocycles. The van der Waals surface area contributed by atoms with Crippen LogP contribution in [0.2, 0.25) is 0 Å². The Hall–Kier alpha value is -2.86. The van der Waals surface area contributed by atoms with Crippen molar-refractivity contribution in [1.82, 2.24) is 0 Å². The van der Waals surface area contributed by atoms with Crippen LogP contribution in [0.1, 0.15) is 97.5 Å². The third-order valence-corrected chi connectivity index (χ3v) is 11.2. The zero-order chi connectivity index (χ0) is 32.4. The molecule has 0 heterocycles. The average Bonchev–Trinajstić information content (AvgIpc) is 3.05. The first-order valence-corrected chi connectivity index (χ1v) is 19.2. The largest absolute Gasteiger partial charge is 0.296 e. The molecule has 0 saturated heterocycles. The van der Waals surface area contributed by atoms with Crippen LogP contribution in [0.3, 0.4) is 0 Å². The summed E-state index contributed by atoms with van der Waals surface area (Å²) in [6, 6.07) is 39.1. The van der Waals surface area contributed by atoms with Gasteiger partial charge in [0.25, 0.3) is 10.1 Å². The van der Waals surface area contributed by atoms with Gasteiger partial charge in [0.05, 0.1) is 22.4 Å². The zero-order valence-corrected chi connectivity index (χ0v) is 29.4. The first-order chi connectivity index (χ1) is 21.7. The minimum absolute atomic E-state index is 0.0497. The second kappa shape index (κ2) is 19.6. The third kappa shape index (κ3) is 13.2. The standard InChI is InChI=1S/C22H23S.C18H30O3S/c1-22(2,3)18-14-16-21(17-15-18)23(19-10-6-4-7-11-19)20-12-8-5-9-13-20;1-2-3-4-5-6-7-8-9-10-14-17-21-22(19,20)18-15-12-11-13-16-18/h4-17H,1-3H3;11-13,15-16H,2-10,14,17H2,1H3/q+1;. The first kappa shape index (κ1) is 36.6. The highest BCUT2D eigenvalue weighted by molar-refractivity contribution is 7.97. The van der Waals surface area contributed by atoms with Crippen molar-refractivity contribution in [3.63, 3.8) is 0 Å². The van der Waals surface area contributed by atoms with Crippen LogP contribution in [-0.4, -0.2) is 15.0 Å². The molecular weight excluding hydrogens is 593 g/mol. The highest BCUT2D eigenvalue weighted by Crippen LogP contribution is 2.32. The van der Waals surface area contributed by atoms with Crippen molar-refractivity contribution in [3.05, 3.63) is 121 Å². The normalized spacial score (nSPS) is 11.7. The van der Waals surface area contributed by atoms with Crippen LogP contribution in [0.25, 0.3) is 0 Å². The molecule has 0 N–H and O–H groups in total. The molecule has 0 amide bonds. The molecule has 5 heteroatoms. The fourth-order valence-corrected chi connectivity index (χ4v) is 8.07. The van der Waals surface area contributed by atoms with Gasteiger partial charge in [0.2, 0.25) is 0 Å². The summed E-state index contributed by atoms with van der Waals surface area (Å²) in [5, 5.41) is 0. The quantitative estimate of drug-likeness (QED) is 0.0692. The summed E-state index contributed by atoms with van der Waals surface area (Å²) in [4.78, 5) is 4.34. The molecule has 4 aromatic carbocycles. The van der Waals surface area contributed by atoms with Crippen molar-refractivity contribution in [1.29, 1.82) is 0 Å². The van der Waals surface area contributed by atoms with Crippen molar-refractivity contribution < 1.29 is 12.6 Å². The number of hydrogen-bond donors (Lipinski definition) is 0. The highest BCUT2D eigenvalue weighted by Gasteiger charge is 2.28. The number of unbranched alkanes of at least 4 members (excludes halogenated alkanes) is 9. The fraction of sp³-hybridized carbons (Fsp3) is 0.400. The van der Waals surface area contributed by atoms with Crippen LogP contribution < -0.4 is 0 Å². The van der Waals surface area contributed by atoms with E-state index in [2.05, 4.69) is 113 Å². The molecular formula is C40H53O3S2+. The number of hydrogen-bond acceptors (Lipinski definition) is 3. The van der Waals surface area contributed by atoms with Gasteiger partial charge in [-0.2, -0.15) is 8.42 Å². The number of rotatable bonds is 16. The summed E-state index contributed by atoms with van der Waals surface area (Å²) < 4.78 is 28.8. The predicted molar refractivity (Wildman–Crippen MR) is 192 cm³/mol. The summed E-state index contributed by atoms with van der Waals surface area (Å²) >= 11 is 0. The van der Waals surface area contributed by atoms with Crippen molar-refractivity contribution >= 4 is 21.0 Å². The lowest BCUT2D eigenvalue weighted by Gasteiger charge is -2.19. The summed E-state index contributed by atoms with van der Waals surface area (Å²) in [6.45, 7) is 9.30. The van der Waals surface area contributed by atoms with Crippen LogP contribution >= 0.6 is 0 Å². The van der Waals surface area contributed by atoms with Crippen molar-refractivity contribution in [2.24, 2.45) is 0 Å². The smallest absolute Gasteiger partial charge is 0.266 e. The molecule has 0 unspecified atom stereocenters. The Kier molecular flexibility index (Phi) is 16.0. The first-order valence-electron chi connectivity index (χ1n) is 16.6. The van der Waals surface area contributed by atoms with Crippen LogP contribution in [0.5, 0.6) is 0 Å². The molecule has 0 aliphatic rings. The van der Waals surface area contributed by atoms with Crippen LogP contribution in [-0.2, 0) is 30.6 Å². The van der Waals surface area contributed by atoms with Crippen LogP contribution in [0.15, 0.2) is 135 Å². The molecule has 0 radical (unpaired) electrons. The van der Waals surface area contributed by atoms with Crippen molar-refractivity contribution in [2.75, 3.05) is 6.61 Å². The Morgan fingerprint density at radius 3 is 1.38 bits per heavy atom. The maximum absolute atomic E-state index is 11.9.